The Balaban J connectivity index is 2.22. The number of rotatable bonds is 2. The van der Waals surface area contributed by atoms with Crippen molar-refractivity contribution in [2.75, 3.05) is 5.73 Å². The number of hydrogen-bond acceptors (Lipinski definition) is 4. The van der Waals surface area contributed by atoms with Gasteiger partial charge in [-0.15, -0.1) is 0 Å². The van der Waals surface area contributed by atoms with Gasteiger partial charge in [0.05, 0.1) is 9.26 Å². The first-order valence-electron chi connectivity index (χ1n) is 6.46. The third kappa shape index (κ3) is 2.73. The van der Waals surface area contributed by atoms with Crippen LogP contribution in [0.5, 0.6) is 0 Å². The van der Waals surface area contributed by atoms with E-state index in [9.17, 15) is 0 Å². The van der Waals surface area contributed by atoms with E-state index in [2.05, 4.69) is 32.6 Å². The second-order valence-electron chi connectivity index (χ2n) is 4.65. The Morgan fingerprint density at radius 1 is 1.05 bits per heavy atom. The number of halogens is 1. The van der Waals surface area contributed by atoms with Crippen molar-refractivity contribution in [3.05, 3.63) is 57.9 Å². The van der Waals surface area contributed by atoms with Crippen molar-refractivity contribution in [1.29, 1.82) is 0 Å². The topological polar surface area (TPSA) is 64.7 Å². The van der Waals surface area contributed by atoms with Crippen molar-refractivity contribution < 1.29 is 0 Å². The van der Waals surface area contributed by atoms with Crippen LogP contribution in [0.4, 0.5) is 5.82 Å². The van der Waals surface area contributed by atoms with Crippen LogP contribution >= 0.6 is 22.6 Å². The molecule has 0 unspecified atom stereocenters. The van der Waals surface area contributed by atoms with Crippen molar-refractivity contribution in [3.8, 4) is 22.6 Å². The lowest BCUT2D eigenvalue weighted by atomic mass is 10.1. The van der Waals surface area contributed by atoms with Gasteiger partial charge in [-0.25, -0.2) is 9.97 Å². The molecule has 0 saturated heterocycles. The van der Waals surface area contributed by atoms with Gasteiger partial charge in [0.1, 0.15) is 5.82 Å². The standard InChI is InChI=1S/C16H13IN4/c1-10-9-19-8-7-12(10)16-20-14(13(17)15(18)21-16)11-5-3-2-4-6-11/h2-9H,1H3,(H2,18,20,21). The summed E-state index contributed by atoms with van der Waals surface area (Å²) in [5, 5.41) is 0. The number of hydrogen-bond donors (Lipinski definition) is 1. The predicted octanol–water partition coefficient (Wildman–Crippen LogP) is 3.70. The first kappa shape index (κ1) is 13.9. The summed E-state index contributed by atoms with van der Waals surface area (Å²) in [7, 11) is 0. The van der Waals surface area contributed by atoms with Crippen LogP contribution in [0, 0.1) is 10.5 Å². The average molecular weight is 388 g/mol. The van der Waals surface area contributed by atoms with Crippen LogP contribution in [0.1, 0.15) is 5.56 Å². The number of anilines is 1. The van der Waals surface area contributed by atoms with E-state index in [4.69, 9.17) is 10.7 Å². The molecule has 5 heteroatoms. The first-order chi connectivity index (χ1) is 10.2. The maximum absolute atomic E-state index is 6.07. The van der Waals surface area contributed by atoms with E-state index in [1.54, 1.807) is 12.4 Å². The molecule has 2 N–H and O–H groups in total. The molecular formula is C16H13IN4. The smallest absolute Gasteiger partial charge is 0.162 e. The molecule has 0 amide bonds. The van der Waals surface area contributed by atoms with Crippen LogP contribution in [0.15, 0.2) is 48.8 Å². The molecule has 0 aliphatic rings. The average Bonchev–Trinajstić information content (AvgIpc) is 2.51. The largest absolute Gasteiger partial charge is 0.383 e. The molecule has 0 spiro atoms. The van der Waals surface area contributed by atoms with E-state index in [1.165, 1.54) is 0 Å². The van der Waals surface area contributed by atoms with Crippen molar-refractivity contribution in [2.24, 2.45) is 0 Å². The molecule has 0 aliphatic heterocycles. The minimum atomic E-state index is 0.496. The molecule has 0 aliphatic carbocycles. The third-order valence-corrected chi connectivity index (χ3v) is 4.25. The molecule has 0 saturated carbocycles. The molecule has 3 aromatic rings. The van der Waals surface area contributed by atoms with Crippen LogP contribution in [-0.4, -0.2) is 15.0 Å². The van der Waals surface area contributed by atoms with Gasteiger partial charge in [-0.05, 0) is 41.1 Å². The van der Waals surface area contributed by atoms with Crippen molar-refractivity contribution >= 4 is 28.4 Å². The highest BCUT2D eigenvalue weighted by atomic mass is 127. The van der Waals surface area contributed by atoms with Gasteiger partial charge in [0.15, 0.2) is 5.82 Å². The lowest BCUT2D eigenvalue weighted by Crippen LogP contribution is -2.03. The van der Waals surface area contributed by atoms with Crippen LogP contribution in [0.3, 0.4) is 0 Å². The number of pyridine rings is 1. The lowest BCUT2D eigenvalue weighted by molar-refractivity contribution is 1.15. The number of benzene rings is 1. The molecule has 2 aromatic heterocycles. The zero-order valence-electron chi connectivity index (χ0n) is 11.4. The van der Waals surface area contributed by atoms with E-state index in [-0.39, 0.29) is 0 Å². The predicted molar refractivity (Wildman–Crippen MR) is 92.6 cm³/mol. The quantitative estimate of drug-likeness (QED) is 0.680. The van der Waals surface area contributed by atoms with Gasteiger partial charge in [0.2, 0.25) is 0 Å². The number of nitrogens with zero attached hydrogens (tertiary/aromatic N) is 3. The summed E-state index contributed by atoms with van der Waals surface area (Å²) in [6, 6.07) is 11.9. The van der Waals surface area contributed by atoms with Crippen LogP contribution in [0.25, 0.3) is 22.6 Å². The minimum Gasteiger partial charge on any atom is -0.383 e. The zero-order valence-corrected chi connectivity index (χ0v) is 13.6. The fourth-order valence-corrected chi connectivity index (χ4v) is 2.65. The Bertz CT molecular complexity index is 788. The van der Waals surface area contributed by atoms with Gasteiger partial charge in [-0.2, -0.15) is 0 Å². The van der Waals surface area contributed by atoms with Gasteiger partial charge in [0.25, 0.3) is 0 Å². The molecule has 2 heterocycles. The highest BCUT2D eigenvalue weighted by molar-refractivity contribution is 14.1. The molecule has 21 heavy (non-hydrogen) atoms. The number of nitrogen functional groups attached to an aromatic ring is 1. The summed E-state index contributed by atoms with van der Waals surface area (Å²) < 4.78 is 0.870. The summed E-state index contributed by atoms with van der Waals surface area (Å²) in [5.41, 5.74) is 9.93. The summed E-state index contributed by atoms with van der Waals surface area (Å²) in [6.07, 6.45) is 3.54. The van der Waals surface area contributed by atoms with Gasteiger partial charge in [-0.1, -0.05) is 30.3 Å². The van der Waals surface area contributed by atoms with E-state index in [0.717, 1.165) is 26.0 Å². The molecule has 4 nitrogen and oxygen atoms in total. The third-order valence-electron chi connectivity index (χ3n) is 3.19. The maximum atomic E-state index is 6.07. The minimum absolute atomic E-state index is 0.496. The molecule has 1 aromatic carbocycles. The van der Waals surface area contributed by atoms with E-state index in [1.807, 2.05) is 43.3 Å². The summed E-state index contributed by atoms with van der Waals surface area (Å²) in [5.74, 6) is 1.13. The van der Waals surface area contributed by atoms with E-state index in [0.29, 0.717) is 11.6 Å². The Labute approximate surface area is 136 Å². The second-order valence-corrected chi connectivity index (χ2v) is 5.73. The van der Waals surface area contributed by atoms with Crippen LogP contribution < -0.4 is 5.73 Å². The summed E-state index contributed by atoms with van der Waals surface area (Å²) in [6.45, 7) is 1.99. The molecule has 0 radical (unpaired) electrons. The summed E-state index contributed by atoms with van der Waals surface area (Å²) >= 11 is 2.19. The summed E-state index contributed by atoms with van der Waals surface area (Å²) in [4.78, 5) is 13.2. The Morgan fingerprint density at radius 2 is 1.81 bits per heavy atom. The van der Waals surface area contributed by atoms with Crippen molar-refractivity contribution in [1.82, 2.24) is 15.0 Å². The van der Waals surface area contributed by atoms with Crippen LogP contribution in [0.2, 0.25) is 0 Å². The van der Waals surface area contributed by atoms with Gasteiger partial charge < -0.3 is 5.73 Å². The Kier molecular flexibility index (Phi) is 3.83. The monoisotopic (exact) mass is 388 g/mol. The second kappa shape index (κ2) is 5.77. The molecule has 3 rings (SSSR count). The van der Waals surface area contributed by atoms with Gasteiger partial charge in [0, 0.05) is 23.5 Å². The molecule has 104 valence electrons. The SMILES string of the molecule is Cc1cnccc1-c1nc(N)c(I)c(-c2ccccc2)n1. The van der Waals surface area contributed by atoms with Crippen LogP contribution in [-0.2, 0) is 0 Å². The molecule has 0 atom stereocenters. The van der Waals surface area contributed by atoms with Crippen molar-refractivity contribution in [3.63, 3.8) is 0 Å². The Hall–Kier alpha value is -2.02. The lowest BCUT2D eigenvalue weighted by Gasteiger charge is -2.10. The molecule has 0 fully saturated rings. The number of nitrogens with two attached hydrogens (primary N) is 1. The van der Waals surface area contributed by atoms with Crippen molar-refractivity contribution in [2.45, 2.75) is 6.92 Å². The molecular weight excluding hydrogens is 375 g/mol. The first-order valence-corrected chi connectivity index (χ1v) is 7.54. The number of aryl methyl sites for hydroxylation is 1. The molecule has 0 bridgehead atoms. The highest BCUT2D eigenvalue weighted by Crippen LogP contribution is 2.29. The highest BCUT2D eigenvalue weighted by Gasteiger charge is 2.14. The fraction of sp³-hybridized carbons (Fsp3) is 0.0625. The zero-order chi connectivity index (χ0) is 14.8. The van der Waals surface area contributed by atoms with E-state index >= 15 is 0 Å². The Morgan fingerprint density at radius 3 is 2.52 bits per heavy atom. The van der Waals surface area contributed by atoms with Gasteiger partial charge >= 0.3 is 0 Å². The normalized spacial score (nSPS) is 10.6. The van der Waals surface area contributed by atoms with Gasteiger partial charge in [-0.3, -0.25) is 4.98 Å². The number of aromatic nitrogens is 3. The fourth-order valence-electron chi connectivity index (χ4n) is 2.10. The van der Waals surface area contributed by atoms with E-state index < -0.39 is 0 Å². The maximum Gasteiger partial charge on any atom is 0.162 e.